The molecule has 2 N–H and O–H groups in total. The van der Waals surface area contributed by atoms with Crippen LogP contribution in [0.4, 0.5) is 0 Å². The van der Waals surface area contributed by atoms with Crippen molar-refractivity contribution in [2.24, 2.45) is 0 Å². The van der Waals surface area contributed by atoms with E-state index in [0.717, 1.165) is 18.8 Å². The predicted molar refractivity (Wildman–Crippen MR) is 72.2 cm³/mol. The quantitative estimate of drug-likeness (QED) is 0.590. The summed E-state index contributed by atoms with van der Waals surface area (Å²) in [5.41, 5.74) is 0.939. The molecule has 0 radical (unpaired) electrons. The molecule has 5 nitrogen and oxygen atoms in total. The van der Waals surface area contributed by atoms with Crippen molar-refractivity contribution in [2.45, 2.75) is 58.5 Å². The Morgan fingerprint density at radius 3 is 2.78 bits per heavy atom. The van der Waals surface area contributed by atoms with Gasteiger partial charge in [-0.05, 0) is 13.0 Å². The van der Waals surface area contributed by atoms with Crippen molar-refractivity contribution < 1.29 is 5.11 Å². The molecule has 1 aromatic rings. The molecule has 0 atom stereocenters. The Balaban J connectivity index is 1.96. The van der Waals surface area contributed by atoms with Gasteiger partial charge in [-0.3, -0.25) is 0 Å². The maximum absolute atomic E-state index is 8.76. The van der Waals surface area contributed by atoms with E-state index in [-0.39, 0.29) is 6.61 Å². The fourth-order valence-corrected chi connectivity index (χ4v) is 1.88. The maximum atomic E-state index is 8.76. The van der Waals surface area contributed by atoms with E-state index < -0.39 is 0 Å². The van der Waals surface area contributed by atoms with E-state index in [4.69, 9.17) is 5.11 Å². The topological polar surface area (TPSA) is 63.0 Å². The highest BCUT2D eigenvalue weighted by molar-refractivity contribution is 4.91. The smallest absolute Gasteiger partial charge is 0.0964 e. The Labute approximate surface area is 110 Å². The first-order chi connectivity index (χ1) is 8.86. The zero-order chi connectivity index (χ0) is 13.1. The largest absolute Gasteiger partial charge is 0.394 e. The molecule has 1 rings (SSSR count). The molecule has 0 spiro atoms. The summed E-state index contributed by atoms with van der Waals surface area (Å²) in [6.07, 6.45) is 9.81. The van der Waals surface area contributed by atoms with Crippen LogP contribution >= 0.6 is 0 Å². The van der Waals surface area contributed by atoms with Gasteiger partial charge in [-0.15, -0.1) is 5.10 Å². The number of hydrogen-bond acceptors (Lipinski definition) is 4. The van der Waals surface area contributed by atoms with Crippen LogP contribution in [0, 0.1) is 0 Å². The minimum absolute atomic E-state index is 0.105. The van der Waals surface area contributed by atoms with Gasteiger partial charge in [-0.25, -0.2) is 4.68 Å². The first-order valence-corrected chi connectivity index (χ1v) is 7.07. The second kappa shape index (κ2) is 10.0. The summed E-state index contributed by atoms with van der Waals surface area (Å²) >= 11 is 0. The summed E-state index contributed by atoms with van der Waals surface area (Å²) in [6.45, 7) is 4.67. The molecular weight excluding hydrogens is 228 g/mol. The average Bonchev–Trinajstić information content (AvgIpc) is 2.81. The highest BCUT2D eigenvalue weighted by Gasteiger charge is 1.99. The van der Waals surface area contributed by atoms with Crippen LogP contribution < -0.4 is 5.32 Å². The molecule has 18 heavy (non-hydrogen) atoms. The van der Waals surface area contributed by atoms with Crippen LogP contribution in [0.5, 0.6) is 0 Å². The molecule has 5 heteroatoms. The van der Waals surface area contributed by atoms with Gasteiger partial charge in [0.05, 0.1) is 18.8 Å². The first kappa shape index (κ1) is 15.1. The Morgan fingerprint density at radius 2 is 2.00 bits per heavy atom. The van der Waals surface area contributed by atoms with Crippen LogP contribution in [-0.2, 0) is 13.1 Å². The monoisotopic (exact) mass is 254 g/mol. The van der Waals surface area contributed by atoms with Gasteiger partial charge in [0.25, 0.3) is 0 Å². The number of aliphatic hydroxyl groups excluding tert-OH is 1. The molecule has 0 aliphatic heterocycles. The van der Waals surface area contributed by atoms with Crippen molar-refractivity contribution in [3.8, 4) is 0 Å². The molecule has 0 amide bonds. The minimum atomic E-state index is 0.105. The first-order valence-electron chi connectivity index (χ1n) is 7.07. The van der Waals surface area contributed by atoms with Crippen molar-refractivity contribution in [3.05, 3.63) is 11.9 Å². The Kier molecular flexibility index (Phi) is 8.42. The summed E-state index contributed by atoms with van der Waals surface area (Å²) in [4.78, 5) is 0. The molecule has 0 bridgehead atoms. The van der Waals surface area contributed by atoms with Gasteiger partial charge >= 0.3 is 0 Å². The van der Waals surface area contributed by atoms with Crippen molar-refractivity contribution in [1.29, 1.82) is 0 Å². The third-order valence-electron chi connectivity index (χ3n) is 2.93. The van der Waals surface area contributed by atoms with E-state index in [1.54, 1.807) is 4.68 Å². The van der Waals surface area contributed by atoms with Crippen LogP contribution in [0.15, 0.2) is 6.20 Å². The van der Waals surface area contributed by atoms with Crippen LogP contribution in [0.2, 0.25) is 0 Å². The lowest BCUT2D eigenvalue weighted by Gasteiger charge is -2.02. The SMILES string of the molecule is CCCCCCCCNCc1cn(CCO)nn1. The molecule has 0 aliphatic rings. The summed E-state index contributed by atoms with van der Waals surface area (Å²) in [5.74, 6) is 0. The number of nitrogens with one attached hydrogen (secondary N) is 1. The van der Waals surface area contributed by atoms with E-state index in [1.165, 1.54) is 38.5 Å². The zero-order valence-electron chi connectivity index (χ0n) is 11.4. The van der Waals surface area contributed by atoms with Crippen LogP contribution in [0.25, 0.3) is 0 Å². The average molecular weight is 254 g/mol. The molecule has 1 aromatic heterocycles. The molecule has 0 aliphatic carbocycles. The van der Waals surface area contributed by atoms with Crippen molar-refractivity contribution in [1.82, 2.24) is 20.3 Å². The van der Waals surface area contributed by atoms with E-state index in [0.29, 0.717) is 6.54 Å². The molecule has 0 saturated carbocycles. The minimum Gasteiger partial charge on any atom is -0.394 e. The molecule has 0 unspecified atom stereocenters. The normalized spacial score (nSPS) is 11.0. The van der Waals surface area contributed by atoms with Gasteiger partial charge in [0.15, 0.2) is 0 Å². The van der Waals surface area contributed by atoms with Crippen LogP contribution in [0.1, 0.15) is 51.1 Å². The van der Waals surface area contributed by atoms with E-state index in [2.05, 4.69) is 22.6 Å². The number of rotatable bonds is 11. The number of aromatic nitrogens is 3. The van der Waals surface area contributed by atoms with E-state index in [1.807, 2.05) is 6.20 Å². The molecule has 0 fully saturated rings. The van der Waals surface area contributed by atoms with Crippen molar-refractivity contribution in [2.75, 3.05) is 13.2 Å². The fourth-order valence-electron chi connectivity index (χ4n) is 1.88. The predicted octanol–water partition coefficient (Wildman–Crippen LogP) is 1.72. The lowest BCUT2D eigenvalue weighted by atomic mass is 10.1. The lowest BCUT2D eigenvalue weighted by molar-refractivity contribution is 0.268. The maximum Gasteiger partial charge on any atom is 0.0964 e. The van der Waals surface area contributed by atoms with Gasteiger partial charge in [0.2, 0.25) is 0 Å². The summed E-state index contributed by atoms with van der Waals surface area (Å²) < 4.78 is 1.67. The van der Waals surface area contributed by atoms with E-state index in [9.17, 15) is 0 Å². The van der Waals surface area contributed by atoms with Gasteiger partial charge in [0, 0.05) is 12.7 Å². The lowest BCUT2D eigenvalue weighted by Crippen LogP contribution is -2.14. The van der Waals surface area contributed by atoms with E-state index >= 15 is 0 Å². The number of hydrogen-bond donors (Lipinski definition) is 2. The fraction of sp³-hybridized carbons (Fsp3) is 0.846. The Morgan fingerprint density at radius 1 is 1.22 bits per heavy atom. The van der Waals surface area contributed by atoms with Crippen LogP contribution in [0.3, 0.4) is 0 Å². The summed E-state index contributed by atoms with van der Waals surface area (Å²) in [5, 5.41) is 20.1. The molecule has 0 saturated heterocycles. The zero-order valence-corrected chi connectivity index (χ0v) is 11.4. The third kappa shape index (κ3) is 6.71. The highest BCUT2D eigenvalue weighted by atomic mass is 16.3. The molecular formula is C13H26N4O. The molecule has 0 aromatic carbocycles. The summed E-state index contributed by atoms with van der Waals surface area (Å²) in [6, 6.07) is 0. The second-order valence-electron chi connectivity index (χ2n) is 4.64. The number of nitrogens with zero attached hydrogens (tertiary/aromatic N) is 3. The van der Waals surface area contributed by atoms with Crippen LogP contribution in [-0.4, -0.2) is 33.3 Å². The second-order valence-corrected chi connectivity index (χ2v) is 4.64. The number of unbranched alkanes of at least 4 members (excludes halogenated alkanes) is 5. The molecule has 104 valence electrons. The standard InChI is InChI=1S/C13H26N4O/c1-2-3-4-5-6-7-8-14-11-13-12-17(9-10-18)16-15-13/h12,14,18H,2-11H2,1H3. The van der Waals surface area contributed by atoms with Gasteiger partial charge in [-0.2, -0.15) is 0 Å². The number of aliphatic hydroxyl groups is 1. The van der Waals surface area contributed by atoms with Gasteiger partial charge in [-0.1, -0.05) is 44.2 Å². The Bertz CT molecular complexity index is 301. The summed E-state index contributed by atoms with van der Waals surface area (Å²) in [7, 11) is 0. The van der Waals surface area contributed by atoms with Gasteiger partial charge in [0.1, 0.15) is 0 Å². The third-order valence-corrected chi connectivity index (χ3v) is 2.93. The molecule has 1 heterocycles. The van der Waals surface area contributed by atoms with Crippen molar-refractivity contribution >= 4 is 0 Å². The van der Waals surface area contributed by atoms with Crippen molar-refractivity contribution in [3.63, 3.8) is 0 Å². The Hall–Kier alpha value is -0.940. The van der Waals surface area contributed by atoms with Gasteiger partial charge < -0.3 is 10.4 Å². The highest BCUT2D eigenvalue weighted by Crippen LogP contribution is 2.04.